The van der Waals surface area contributed by atoms with Crippen LogP contribution in [0.3, 0.4) is 0 Å². The van der Waals surface area contributed by atoms with Gasteiger partial charge in [0.15, 0.2) is 5.16 Å². The molecule has 0 saturated heterocycles. The summed E-state index contributed by atoms with van der Waals surface area (Å²) in [4.78, 5) is 17.5. The van der Waals surface area contributed by atoms with E-state index in [1.54, 1.807) is 63.6 Å². The highest BCUT2D eigenvalue weighted by Gasteiger charge is 2.35. The van der Waals surface area contributed by atoms with E-state index in [-0.39, 0.29) is 16.5 Å². The number of urea groups is 1. The van der Waals surface area contributed by atoms with Crippen LogP contribution in [0.2, 0.25) is 5.02 Å². The Morgan fingerprint density at radius 1 is 1.07 bits per heavy atom. The number of sulfonamides is 1. The summed E-state index contributed by atoms with van der Waals surface area (Å²) in [6.07, 6.45) is 1.75. The van der Waals surface area contributed by atoms with E-state index < -0.39 is 27.0 Å². The van der Waals surface area contributed by atoms with Crippen LogP contribution in [0.1, 0.15) is 39.0 Å². The van der Waals surface area contributed by atoms with Crippen molar-refractivity contribution in [2.24, 2.45) is 0 Å². The standard InChI is InChI=1S/C30H31Cl2FN4O4S2/c1-29(2,37(32)27(38)35-43(39,40)23-9-7-6-8-10-23)19-42-28-34-18-26(36(28)22-14-12-21(33)13-15-22)30(3,4)20-11-16-24(31)25(17-20)41-5/h6-18H,19H2,1-5H3,(H,35,38). The van der Waals surface area contributed by atoms with Crippen LogP contribution in [-0.2, 0) is 15.4 Å². The molecule has 0 radical (unpaired) electrons. The zero-order chi connectivity index (χ0) is 31.6. The zero-order valence-corrected chi connectivity index (χ0v) is 27.3. The Morgan fingerprint density at radius 3 is 2.35 bits per heavy atom. The van der Waals surface area contributed by atoms with Gasteiger partial charge in [0.2, 0.25) is 0 Å². The first-order valence-corrected chi connectivity index (χ1v) is 16.2. The fraction of sp³-hybridized carbons (Fsp3) is 0.267. The molecule has 4 aromatic rings. The Morgan fingerprint density at radius 2 is 1.72 bits per heavy atom. The molecule has 3 aromatic carbocycles. The third kappa shape index (κ3) is 7.12. The Bertz CT molecular complexity index is 1710. The van der Waals surface area contributed by atoms with Crippen molar-refractivity contribution in [2.75, 3.05) is 12.9 Å². The first-order valence-electron chi connectivity index (χ1n) is 13.1. The van der Waals surface area contributed by atoms with Gasteiger partial charge in [-0.2, -0.15) is 0 Å². The number of benzene rings is 3. The van der Waals surface area contributed by atoms with Gasteiger partial charge in [0.05, 0.1) is 34.5 Å². The van der Waals surface area contributed by atoms with Crippen molar-refractivity contribution in [3.05, 3.63) is 101 Å². The van der Waals surface area contributed by atoms with Gasteiger partial charge in [-0.05, 0) is 67.9 Å². The summed E-state index contributed by atoms with van der Waals surface area (Å²) in [7, 11) is -2.57. The summed E-state index contributed by atoms with van der Waals surface area (Å²) in [6.45, 7) is 7.47. The van der Waals surface area contributed by atoms with Gasteiger partial charge >= 0.3 is 6.03 Å². The smallest absolute Gasteiger partial charge is 0.346 e. The number of rotatable bonds is 10. The summed E-state index contributed by atoms with van der Waals surface area (Å²) in [6, 6.07) is 18.2. The lowest BCUT2D eigenvalue weighted by Gasteiger charge is -2.32. The monoisotopic (exact) mass is 664 g/mol. The van der Waals surface area contributed by atoms with Gasteiger partial charge in [-0.25, -0.2) is 31.7 Å². The molecule has 228 valence electrons. The van der Waals surface area contributed by atoms with Crippen LogP contribution in [0.15, 0.2) is 89.0 Å². The summed E-state index contributed by atoms with van der Waals surface area (Å²) >= 11 is 14.0. The van der Waals surface area contributed by atoms with Crippen molar-refractivity contribution in [1.82, 2.24) is 18.7 Å². The minimum Gasteiger partial charge on any atom is -0.495 e. The lowest BCUT2D eigenvalue weighted by Crippen LogP contribution is -2.49. The van der Waals surface area contributed by atoms with Crippen molar-refractivity contribution >= 4 is 51.2 Å². The fourth-order valence-corrected chi connectivity index (χ4v) is 6.74. The van der Waals surface area contributed by atoms with E-state index in [1.165, 1.54) is 36.0 Å². The molecular weight excluding hydrogens is 634 g/mol. The number of hydrogen-bond donors (Lipinski definition) is 1. The first kappa shape index (κ1) is 32.7. The van der Waals surface area contributed by atoms with E-state index in [2.05, 4.69) is 0 Å². The van der Waals surface area contributed by atoms with Crippen molar-refractivity contribution in [2.45, 2.75) is 48.7 Å². The highest BCUT2D eigenvalue weighted by Crippen LogP contribution is 2.39. The number of hydrogen-bond acceptors (Lipinski definition) is 6. The molecule has 8 nitrogen and oxygen atoms in total. The molecule has 0 saturated carbocycles. The van der Waals surface area contributed by atoms with Crippen molar-refractivity contribution in [1.29, 1.82) is 0 Å². The van der Waals surface area contributed by atoms with E-state index >= 15 is 0 Å². The molecule has 0 aliphatic heterocycles. The average molecular weight is 666 g/mol. The fourth-order valence-electron chi connectivity index (χ4n) is 4.30. The molecule has 0 unspecified atom stereocenters. The van der Waals surface area contributed by atoms with E-state index in [1.807, 2.05) is 35.3 Å². The zero-order valence-electron chi connectivity index (χ0n) is 24.1. The minimum atomic E-state index is -4.12. The van der Waals surface area contributed by atoms with Crippen molar-refractivity contribution in [3.63, 3.8) is 0 Å². The average Bonchev–Trinajstić information content (AvgIpc) is 3.41. The number of imidazole rings is 1. The molecule has 1 heterocycles. The Kier molecular flexibility index (Phi) is 9.70. The Labute approximate surface area is 265 Å². The van der Waals surface area contributed by atoms with Gasteiger partial charge in [0, 0.05) is 28.6 Å². The maximum atomic E-state index is 13.9. The Balaban J connectivity index is 1.63. The summed E-state index contributed by atoms with van der Waals surface area (Å²) < 4.78 is 49.4. The number of ether oxygens (including phenoxy) is 1. The van der Waals surface area contributed by atoms with Crippen LogP contribution in [0.5, 0.6) is 5.75 Å². The van der Waals surface area contributed by atoms with Crippen LogP contribution < -0.4 is 9.46 Å². The summed E-state index contributed by atoms with van der Waals surface area (Å²) in [5, 5.41) is 1.05. The van der Waals surface area contributed by atoms with Gasteiger partial charge in [-0.3, -0.25) is 4.57 Å². The normalized spacial score (nSPS) is 12.2. The second-order valence-corrected chi connectivity index (χ2v) is 14.2. The molecule has 4 rings (SSSR count). The lowest BCUT2D eigenvalue weighted by atomic mass is 9.81. The molecule has 0 spiro atoms. The van der Waals surface area contributed by atoms with Crippen LogP contribution in [-0.4, -0.2) is 46.8 Å². The highest BCUT2D eigenvalue weighted by atomic mass is 35.5. The third-order valence-corrected chi connectivity index (χ3v) is 10.5. The summed E-state index contributed by atoms with van der Waals surface area (Å²) in [5.41, 5.74) is 0.770. The predicted octanol–water partition coefficient (Wildman–Crippen LogP) is 7.42. The number of carbonyl (C=O) groups is 1. The van der Waals surface area contributed by atoms with Gasteiger partial charge in [-0.1, -0.05) is 61.5 Å². The number of nitrogens with one attached hydrogen (secondary N) is 1. The number of halogens is 3. The molecular formula is C30H31Cl2FN4O4S2. The summed E-state index contributed by atoms with van der Waals surface area (Å²) in [5.74, 6) is 0.394. The van der Waals surface area contributed by atoms with E-state index in [4.69, 9.17) is 33.1 Å². The predicted molar refractivity (Wildman–Crippen MR) is 168 cm³/mol. The minimum absolute atomic E-state index is 0.0598. The van der Waals surface area contributed by atoms with Gasteiger partial charge in [0.25, 0.3) is 10.0 Å². The van der Waals surface area contributed by atoms with Crippen LogP contribution >= 0.6 is 35.1 Å². The van der Waals surface area contributed by atoms with Crippen LogP contribution in [0.25, 0.3) is 5.69 Å². The molecule has 0 aliphatic rings. The molecule has 13 heteroatoms. The molecule has 1 N–H and O–H groups in total. The number of amides is 2. The van der Waals surface area contributed by atoms with Gasteiger partial charge in [-0.15, -0.1) is 0 Å². The van der Waals surface area contributed by atoms with Crippen molar-refractivity contribution < 1.29 is 22.3 Å². The number of nitrogens with zero attached hydrogens (tertiary/aromatic N) is 3. The van der Waals surface area contributed by atoms with Crippen molar-refractivity contribution in [3.8, 4) is 11.4 Å². The second-order valence-electron chi connectivity index (χ2n) is 10.8. The van der Waals surface area contributed by atoms with E-state index in [0.717, 1.165) is 15.7 Å². The molecule has 2 amide bonds. The largest absolute Gasteiger partial charge is 0.495 e. The number of carbonyl (C=O) groups excluding carboxylic acids is 1. The first-order chi connectivity index (χ1) is 20.2. The maximum Gasteiger partial charge on any atom is 0.346 e. The second kappa shape index (κ2) is 12.8. The third-order valence-electron chi connectivity index (χ3n) is 6.87. The quantitative estimate of drug-likeness (QED) is 0.140. The van der Waals surface area contributed by atoms with Crippen LogP contribution in [0, 0.1) is 5.82 Å². The number of thioether (sulfide) groups is 1. The highest BCUT2D eigenvalue weighted by molar-refractivity contribution is 7.99. The molecule has 0 fully saturated rings. The van der Waals surface area contributed by atoms with E-state index in [9.17, 15) is 17.6 Å². The van der Waals surface area contributed by atoms with Crippen LogP contribution in [0.4, 0.5) is 9.18 Å². The molecule has 43 heavy (non-hydrogen) atoms. The Hall–Kier alpha value is -3.25. The van der Waals surface area contributed by atoms with Gasteiger partial charge < -0.3 is 4.74 Å². The molecule has 1 aromatic heterocycles. The molecule has 0 bridgehead atoms. The lowest BCUT2D eigenvalue weighted by molar-refractivity contribution is 0.205. The SMILES string of the molecule is COc1cc(C(C)(C)c2cnc(SCC(C)(C)N(Cl)C(=O)NS(=O)(=O)c3ccccc3)n2-c2ccc(F)cc2)ccc1Cl. The molecule has 0 aliphatic carbocycles. The maximum absolute atomic E-state index is 13.9. The van der Waals surface area contributed by atoms with E-state index in [0.29, 0.717) is 21.6 Å². The van der Waals surface area contributed by atoms with Gasteiger partial charge in [0.1, 0.15) is 11.6 Å². The topological polar surface area (TPSA) is 93.5 Å². The molecule has 0 atom stereocenters. The number of aromatic nitrogens is 2. The number of methoxy groups -OCH3 is 1.